The summed E-state index contributed by atoms with van der Waals surface area (Å²) in [5.74, 6) is 0.794. The molecule has 6 nitrogen and oxygen atoms in total. The maximum atomic E-state index is 12.8. The highest BCUT2D eigenvalue weighted by molar-refractivity contribution is 7.15. The monoisotopic (exact) mass is 432 g/mol. The van der Waals surface area contributed by atoms with E-state index in [-0.39, 0.29) is 12.2 Å². The van der Waals surface area contributed by atoms with Crippen molar-refractivity contribution in [1.82, 2.24) is 20.1 Å². The topological polar surface area (TPSA) is 81.8 Å². The predicted octanol–water partition coefficient (Wildman–Crippen LogP) is 5.42. The van der Waals surface area contributed by atoms with Gasteiger partial charge in [-0.15, -0.1) is 11.3 Å². The number of carbonyl (C=O) groups excluding carboxylic acids is 1. The molecule has 7 heteroatoms. The van der Waals surface area contributed by atoms with E-state index in [9.17, 15) is 4.79 Å². The van der Waals surface area contributed by atoms with E-state index >= 15 is 0 Å². The van der Waals surface area contributed by atoms with Crippen molar-refractivity contribution in [1.29, 1.82) is 0 Å². The number of nitrogens with zero attached hydrogens (tertiary/aromatic N) is 4. The number of aromatic nitrogens is 4. The smallest absolute Gasteiger partial charge is 0.170 e. The van der Waals surface area contributed by atoms with Crippen LogP contribution in [0.15, 0.2) is 41.3 Å². The molecule has 31 heavy (non-hydrogen) atoms. The van der Waals surface area contributed by atoms with Gasteiger partial charge in [0.15, 0.2) is 5.78 Å². The summed E-state index contributed by atoms with van der Waals surface area (Å²) in [6.07, 6.45) is 7.24. The van der Waals surface area contributed by atoms with Gasteiger partial charge in [-0.05, 0) is 49.9 Å². The number of ketones is 1. The normalized spacial score (nSPS) is 11.1. The molecule has 0 radical (unpaired) electrons. The molecule has 0 fully saturated rings. The Labute approximate surface area is 185 Å². The summed E-state index contributed by atoms with van der Waals surface area (Å²) in [5.41, 5.74) is 6.09. The molecular weight excluding hydrogens is 408 g/mol. The zero-order valence-corrected chi connectivity index (χ0v) is 18.9. The SMILES string of the molecule is CCc1cncc(C(=O)Cc2ccc(-c3nc(-c4cc(C)on4)sc3CC)cn2)c1C. The van der Waals surface area contributed by atoms with Gasteiger partial charge in [0.2, 0.25) is 0 Å². The van der Waals surface area contributed by atoms with E-state index in [1.807, 2.05) is 38.2 Å². The van der Waals surface area contributed by atoms with Crippen LogP contribution < -0.4 is 0 Å². The molecule has 0 bridgehead atoms. The van der Waals surface area contributed by atoms with Crippen molar-refractivity contribution < 1.29 is 9.32 Å². The first-order valence-corrected chi connectivity index (χ1v) is 11.2. The molecule has 0 spiro atoms. The maximum absolute atomic E-state index is 12.8. The Morgan fingerprint density at radius 2 is 1.94 bits per heavy atom. The number of aryl methyl sites for hydroxylation is 3. The molecule has 0 aliphatic heterocycles. The first-order chi connectivity index (χ1) is 15.0. The Balaban J connectivity index is 1.56. The second-order valence-corrected chi connectivity index (χ2v) is 8.51. The van der Waals surface area contributed by atoms with Crippen LogP contribution in [0.2, 0.25) is 0 Å². The molecule has 0 aliphatic carbocycles. The summed E-state index contributed by atoms with van der Waals surface area (Å²) in [4.78, 5) is 27.5. The molecule has 4 aromatic rings. The van der Waals surface area contributed by atoms with Gasteiger partial charge in [-0.2, -0.15) is 0 Å². The molecule has 0 amide bonds. The van der Waals surface area contributed by atoms with Gasteiger partial charge in [0, 0.05) is 46.4 Å². The molecule has 0 saturated carbocycles. The number of Topliss-reactive ketones (excluding diaryl/α,β-unsaturated/α-hetero) is 1. The quantitative estimate of drug-likeness (QED) is 0.363. The lowest BCUT2D eigenvalue weighted by atomic mass is 9.99. The third-order valence-corrected chi connectivity index (χ3v) is 6.53. The molecule has 158 valence electrons. The second-order valence-electron chi connectivity index (χ2n) is 7.43. The van der Waals surface area contributed by atoms with Crippen LogP contribution in [0, 0.1) is 13.8 Å². The Hall–Kier alpha value is -3.19. The number of carbonyl (C=O) groups is 1. The van der Waals surface area contributed by atoms with E-state index in [2.05, 4.69) is 29.0 Å². The lowest BCUT2D eigenvalue weighted by Crippen LogP contribution is -2.09. The fourth-order valence-corrected chi connectivity index (χ4v) is 4.50. The molecule has 0 saturated heterocycles. The van der Waals surface area contributed by atoms with Crippen LogP contribution in [0.25, 0.3) is 22.0 Å². The van der Waals surface area contributed by atoms with Crippen molar-refractivity contribution in [3.63, 3.8) is 0 Å². The average molecular weight is 433 g/mol. The van der Waals surface area contributed by atoms with Crippen LogP contribution in [0.1, 0.15) is 51.7 Å². The number of pyridine rings is 2. The van der Waals surface area contributed by atoms with E-state index < -0.39 is 0 Å². The Morgan fingerprint density at radius 1 is 1.10 bits per heavy atom. The maximum Gasteiger partial charge on any atom is 0.170 e. The van der Waals surface area contributed by atoms with Crippen LogP contribution in [-0.2, 0) is 19.3 Å². The van der Waals surface area contributed by atoms with E-state index in [4.69, 9.17) is 9.51 Å². The van der Waals surface area contributed by atoms with Crippen molar-refractivity contribution in [2.75, 3.05) is 0 Å². The van der Waals surface area contributed by atoms with Gasteiger partial charge >= 0.3 is 0 Å². The predicted molar refractivity (Wildman–Crippen MR) is 121 cm³/mol. The van der Waals surface area contributed by atoms with Gasteiger partial charge in [0.05, 0.1) is 12.1 Å². The third kappa shape index (κ3) is 4.32. The number of thiazole rings is 1. The molecule has 4 aromatic heterocycles. The average Bonchev–Trinajstić information content (AvgIpc) is 3.40. The van der Waals surface area contributed by atoms with Gasteiger partial charge in [-0.1, -0.05) is 19.0 Å². The highest BCUT2D eigenvalue weighted by Crippen LogP contribution is 2.33. The van der Waals surface area contributed by atoms with E-state index in [0.29, 0.717) is 5.56 Å². The summed E-state index contributed by atoms with van der Waals surface area (Å²) >= 11 is 1.62. The largest absolute Gasteiger partial charge is 0.361 e. The zero-order valence-electron chi connectivity index (χ0n) is 18.1. The fraction of sp³-hybridized carbons (Fsp3) is 0.292. The Kier molecular flexibility index (Phi) is 6.04. The van der Waals surface area contributed by atoms with E-state index in [0.717, 1.165) is 57.4 Å². The van der Waals surface area contributed by atoms with Crippen molar-refractivity contribution in [2.45, 2.75) is 47.0 Å². The van der Waals surface area contributed by atoms with E-state index in [1.165, 1.54) is 4.88 Å². The van der Waals surface area contributed by atoms with Crippen LogP contribution in [-0.4, -0.2) is 25.9 Å². The standard InChI is InChI=1S/C24H24N4O2S/c1-5-16-11-25-13-19(15(16)4)21(29)10-18-8-7-17(12-26-18)23-22(6-2)31-24(27-23)20-9-14(3)30-28-20/h7-9,11-13H,5-6,10H2,1-4H3. The highest BCUT2D eigenvalue weighted by atomic mass is 32.1. The summed E-state index contributed by atoms with van der Waals surface area (Å²) in [6, 6.07) is 5.77. The van der Waals surface area contributed by atoms with Crippen molar-refractivity contribution in [3.8, 4) is 22.0 Å². The number of rotatable bonds is 7. The zero-order chi connectivity index (χ0) is 22.0. The van der Waals surface area contributed by atoms with Crippen LogP contribution in [0.4, 0.5) is 0 Å². The van der Waals surface area contributed by atoms with Gasteiger partial charge in [-0.25, -0.2) is 4.98 Å². The lowest BCUT2D eigenvalue weighted by molar-refractivity contribution is 0.0991. The van der Waals surface area contributed by atoms with Gasteiger partial charge in [0.25, 0.3) is 0 Å². The first kappa shape index (κ1) is 21.1. The molecule has 0 unspecified atom stereocenters. The van der Waals surface area contributed by atoms with Gasteiger partial charge in [-0.3, -0.25) is 14.8 Å². The molecule has 0 aromatic carbocycles. The Bertz CT molecular complexity index is 1220. The lowest BCUT2D eigenvalue weighted by Gasteiger charge is -2.08. The highest BCUT2D eigenvalue weighted by Gasteiger charge is 2.17. The summed E-state index contributed by atoms with van der Waals surface area (Å²) in [5, 5.41) is 4.91. The molecule has 4 rings (SSSR count). The minimum absolute atomic E-state index is 0.0344. The molecule has 0 atom stereocenters. The molecule has 0 N–H and O–H groups in total. The van der Waals surface area contributed by atoms with Crippen molar-refractivity contribution in [2.24, 2.45) is 0 Å². The number of hydrogen-bond donors (Lipinski definition) is 0. The third-order valence-electron chi connectivity index (χ3n) is 5.31. The summed E-state index contributed by atoms with van der Waals surface area (Å²) in [6.45, 7) is 8.02. The summed E-state index contributed by atoms with van der Waals surface area (Å²) in [7, 11) is 0. The van der Waals surface area contributed by atoms with Crippen LogP contribution in [0.3, 0.4) is 0 Å². The minimum Gasteiger partial charge on any atom is -0.361 e. The van der Waals surface area contributed by atoms with Crippen LogP contribution in [0.5, 0.6) is 0 Å². The molecule has 0 aliphatic rings. The Morgan fingerprint density at radius 3 is 2.58 bits per heavy atom. The van der Waals surface area contributed by atoms with Gasteiger partial charge in [0.1, 0.15) is 16.5 Å². The summed E-state index contributed by atoms with van der Waals surface area (Å²) < 4.78 is 5.19. The number of hydrogen-bond acceptors (Lipinski definition) is 7. The van der Waals surface area contributed by atoms with Crippen molar-refractivity contribution in [3.05, 3.63) is 69.8 Å². The molecule has 4 heterocycles. The van der Waals surface area contributed by atoms with Crippen LogP contribution >= 0.6 is 11.3 Å². The van der Waals surface area contributed by atoms with Gasteiger partial charge < -0.3 is 4.52 Å². The fourth-order valence-electron chi connectivity index (χ4n) is 3.53. The molecular formula is C24H24N4O2S. The van der Waals surface area contributed by atoms with E-state index in [1.54, 1.807) is 23.7 Å². The van der Waals surface area contributed by atoms with Crippen molar-refractivity contribution >= 4 is 17.1 Å². The first-order valence-electron chi connectivity index (χ1n) is 10.4. The minimum atomic E-state index is 0.0344. The second kappa shape index (κ2) is 8.89.